The summed E-state index contributed by atoms with van der Waals surface area (Å²) in [5.74, 6) is 0.654. The summed E-state index contributed by atoms with van der Waals surface area (Å²) >= 11 is 12.2. The molecule has 1 aromatic rings. The van der Waals surface area contributed by atoms with E-state index in [9.17, 15) is 0 Å². The maximum atomic E-state index is 6.10. The molecule has 1 nitrogen and oxygen atoms in total. The van der Waals surface area contributed by atoms with Crippen molar-refractivity contribution in [2.45, 2.75) is 39.8 Å². The topological polar surface area (TPSA) is 12.0 Å². The number of halogens is 2. The van der Waals surface area contributed by atoms with Crippen LogP contribution in [0.15, 0.2) is 18.2 Å². The second-order valence-corrected chi connectivity index (χ2v) is 5.07. The predicted octanol–water partition coefficient (Wildman–Crippen LogP) is 4.52. The van der Waals surface area contributed by atoms with Crippen LogP contribution < -0.4 is 5.32 Å². The van der Waals surface area contributed by atoms with Crippen molar-refractivity contribution in [1.82, 2.24) is 5.32 Å². The molecule has 0 saturated heterocycles. The van der Waals surface area contributed by atoms with Crippen LogP contribution in [0.2, 0.25) is 10.0 Å². The maximum absolute atomic E-state index is 6.10. The van der Waals surface area contributed by atoms with Gasteiger partial charge in [-0.15, -0.1) is 0 Å². The highest BCUT2D eigenvalue weighted by atomic mass is 35.5. The lowest BCUT2D eigenvalue weighted by molar-refractivity contribution is 0.389. The fourth-order valence-electron chi connectivity index (χ4n) is 1.52. The van der Waals surface area contributed by atoms with E-state index in [0.29, 0.717) is 12.0 Å². The molecule has 1 N–H and O–H groups in total. The number of hydrogen-bond acceptors (Lipinski definition) is 1. The van der Waals surface area contributed by atoms with Crippen molar-refractivity contribution in [2.24, 2.45) is 5.92 Å². The summed E-state index contributed by atoms with van der Waals surface area (Å²) in [6.07, 6.45) is 1.17. The molecule has 0 amide bonds. The predicted molar refractivity (Wildman–Crippen MR) is 72.2 cm³/mol. The second kappa shape index (κ2) is 6.48. The average molecular weight is 260 g/mol. The van der Waals surface area contributed by atoms with Gasteiger partial charge in [-0.2, -0.15) is 0 Å². The molecule has 2 atom stereocenters. The van der Waals surface area contributed by atoms with E-state index in [2.05, 4.69) is 26.1 Å². The highest BCUT2D eigenvalue weighted by Gasteiger charge is 2.11. The van der Waals surface area contributed by atoms with Gasteiger partial charge in [0.15, 0.2) is 0 Å². The van der Waals surface area contributed by atoms with Crippen LogP contribution in [0.25, 0.3) is 0 Å². The minimum atomic E-state index is 0.470. The standard InChI is InChI=1S/C13H19Cl2N/c1-4-9(2)10(3)16-8-11-12(14)6-5-7-13(11)15/h5-7,9-10,16H,4,8H2,1-3H3. The summed E-state index contributed by atoms with van der Waals surface area (Å²) in [6, 6.07) is 6.08. The van der Waals surface area contributed by atoms with Crippen LogP contribution >= 0.6 is 23.2 Å². The SMILES string of the molecule is CCC(C)C(C)NCc1c(Cl)cccc1Cl. The molecule has 2 unspecified atom stereocenters. The first-order valence-electron chi connectivity index (χ1n) is 5.72. The molecular weight excluding hydrogens is 241 g/mol. The third-order valence-corrected chi connectivity index (χ3v) is 3.87. The Balaban J connectivity index is 2.61. The Labute approximate surface area is 108 Å². The van der Waals surface area contributed by atoms with Crippen LogP contribution in [0, 0.1) is 5.92 Å². The van der Waals surface area contributed by atoms with E-state index in [0.717, 1.165) is 22.2 Å². The van der Waals surface area contributed by atoms with Gasteiger partial charge in [0.1, 0.15) is 0 Å². The summed E-state index contributed by atoms with van der Waals surface area (Å²) in [5, 5.41) is 4.93. The smallest absolute Gasteiger partial charge is 0.0465 e. The van der Waals surface area contributed by atoms with Crippen LogP contribution in [0.4, 0.5) is 0 Å². The molecule has 0 fully saturated rings. The van der Waals surface area contributed by atoms with E-state index in [-0.39, 0.29) is 0 Å². The molecule has 0 aliphatic rings. The van der Waals surface area contributed by atoms with Gasteiger partial charge in [-0.25, -0.2) is 0 Å². The van der Waals surface area contributed by atoms with Crippen molar-refractivity contribution in [3.8, 4) is 0 Å². The van der Waals surface area contributed by atoms with Gasteiger partial charge < -0.3 is 5.32 Å². The van der Waals surface area contributed by atoms with Crippen molar-refractivity contribution < 1.29 is 0 Å². The first-order valence-corrected chi connectivity index (χ1v) is 6.48. The Morgan fingerprint density at radius 1 is 1.19 bits per heavy atom. The van der Waals surface area contributed by atoms with Crippen LogP contribution in [-0.2, 0) is 6.54 Å². The van der Waals surface area contributed by atoms with E-state index in [1.165, 1.54) is 6.42 Å². The molecule has 0 aliphatic carbocycles. The quantitative estimate of drug-likeness (QED) is 0.820. The molecule has 1 rings (SSSR count). The van der Waals surface area contributed by atoms with Crippen molar-refractivity contribution in [2.75, 3.05) is 0 Å². The summed E-state index contributed by atoms with van der Waals surface area (Å²) in [6.45, 7) is 7.36. The Hall–Kier alpha value is -0.240. The Kier molecular flexibility index (Phi) is 5.60. The first kappa shape index (κ1) is 13.8. The summed E-state index contributed by atoms with van der Waals surface area (Å²) in [4.78, 5) is 0. The van der Waals surface area contributed by atoms with Crippen LogP contribution in [-0.4, -0.2) is 6.04 Å². The summed E-state index contributed by atoms with van der Waals surface area (Å²) < 4.78 is 0. The molecular formula is C13H19Cl2N. The van der Waals surface area contributed by atoms with Crippen molar-refractivity contribution in [1.29, 1.82) is 0 Å². The zero-order chi connectivity index (χ0) is 12.1. The largest absolute Gasteiger partial charge is 0.310 e. The molecule has 0 heterocycles. The van der Waals surface area contributed by atoms with Gasteiger partial charge >= 0.3 is 0 Å². The van der Waals surface area contributed by atoms with Gasteiger partial charge in [0, 0.05) is 28.2 Å². The van der Waals surface area contributed by atoms with Gasteiger partial charge in [0.05, 0.1) is 0 Å². The van der Waals surface area contributed by atoms with E-state index in [1.54, 1.807) is 0 Å². The molecule has 0 spiro atoms. The third kappa shape index (κ3) is 3.65. The minimum Gasteiger partial charge on any atom is -0.310 e. The van der Waals surface area contributed by atoms with Crippen molar-refractivity contribution in [3.63, 3.8) is 0 Å². The van der Waals surface area contributed by atoms with Crippen LogP contribution in [0.1, 0.15) is 32.8 Å². The molecule has 0 bridgehead atoms. The Morgan fingerprint density at radius 2 is 1.75 bits per heavy atom. The maximum Gasteiger partial charge on any atom is 0.0465 e. The van der Waals surface area contributed by atoms with Gasteiger partial charge in [-0.1, -0.05) is 49.5 Å². The third-order valence-electron chi connectivity index (χ3n) is 3.16. The number of benzene rings is 1. The lowest BCUT2D eigenvalue weighted by atomic mass is 10.0. The molecule has 90 valence electrons. The fraction of sp³-hybridized carbons (Fsp3) is 0.538. The molecule has 3 heteroatoms. The first-order chi connectivity index (χ1) is 7.56. The number of hydrogen-bond donors (Lipinski definition) is 1. The number of nitrogens with one attached hydrogen (secondary N) is 1. The van der Waals surface area contributed by atoms with E-state index in [1.807, 2.05) is 18.2 Å². The van der Waals surface area contributed by atoms with E-state index in [4.69, 9.17) is 23.2 Å². The summed E-state index contributed by atoms with van der Waals surface area (Å²) in [7, 11) is 0. The lowest BCUT2D eigenvalue weighted by Crippen LogP contribution is -2.31. The van der Waals surface area contributed by atoms with Gasteiger partial charge in [0.2, 0.25) is 0 Å². The zero-order valence-corrected chi connectivity index (χ0v) is 11.6. The van der Waals surface area contributed by atoms with Crippen molar-refractivity contribution >= 4 is 23.2 Å². The number of rotatable bonds is 5. The van der Waals surface area contributed by atoms with E-state index >= 15 is 0 Å². The van der Waals surface area contributed by atoms with Gasteiger partial charge in [-0.05, 0) is 25.0 Å². The summed E-state index contributed by atoms with van der Waals surface area (Å²) in [5.41, 5.74) is 0.987. The Bertz CT molecular complexity index is 318. The van der Waals surface area contributed by atoms with Crippen LogP contribution in [0.3, 0.4) is 0 Å². The van der Waals surface area contributed by atoms with Gasteiger partial charge in [-0.3, -0.25) is 0 Å². The van der Waals surface area contributed by atoms with E-state index < -0.39 is 0 Å². The molecule has 0 radical (unpaired) electrons. The highest BCUT2D eigenvalue weighted by Crippen LogP contribution is 2.24. The van der Waals surface area contributed by atoms with Crippen molar-refractivity contribution in [3.05, 3.63) is 33.8 Å². The lowest BCUT2D eigenvalue weighted by Gasteiger charge is -2.20. The molecule has 1 aromatic carbocycles. The monoisotopic (exact) mass is 259 g/mol. The fourth-order valence-corrected chi connectivity index (χ4v) is 2.05. The zero-order valence-electron chi connectivity index (χ0n) is 10.1. The highest BCUT2D eigenvalue weighted by molar-refractivity contribution is 6.35. The molecule has 0 saturated carbocycles. The van der Waals surface area contributed by atoms with Crippen LogP contribution in [0.5, 0.6) is 0 Å². The Morgan fingerprint density at radius 3 is 2.25 bits per heavy atom. The molecule has 16 heavy (non-hydrogen) atoms. The minimum absolute atomic E-state index is 0.470. The second-order valence-electron chi connectivity index (χ2n) is 4.26. The average Bonchev–Trinajstić information content (AvgIpc) is 2.27. The normalized spacial score (nSPS) is 14.8. The molecule has 0 aromatic heterocycles. The van der Waals surface area contributed by atoms with Gasteiger partial charge in [0.25, 0.3) is 0 Å². The molecule has 0 aliphatic heterocycles.